The van der Waals surface area contributed by atoms with Crippen LogP contribution < -0.4 is 5.32 Å². The number of thiazole rings is 1. The number of nitrogens with one attached hydrogen (secondary N) is 1. The van der Waals surface area contributed by atoms with Crippen molar-refractivity contribution in [2.24, 2.45) is 0 Å². The molecule has 0 saturated heterocycles. The van der Waals surface area contributed by atoms with E-state index in [4.69, 9.17) is 4.42 Å². The van der Waals surface area contributed by atoms with Gasteiger partial charge in [0.1, 0.15) is 4.88 Å². The van der Waals surface area contributed by atoms with Crippen molar-refractivity contribution in [3.8, 4) is 11.3 Å². The van der Waals surface area contributed by atoms with E-state index in [1.807, 2.05) is 31.2 Å². The highest BCUT2D eigenvalue weighted by atomic mass is 32.1. The molecule has 1 aromatic carbocycles. The summed E-state index contributed by atoms with van der Waals surface area (Å²) in [6.45, 7) is 2.02. The Labute approximate surface area is 125 Å². The minimum atomic E-state index is -0.139. The maximum Gasteiger partial charge on any atom is 0.267 e. The molecule has 1 amide bonds. The number of benzene rings is 1. The van der Waals surface area contributed by atoms with Gasteiger partial charge in [0, 0.05) is 11.3 Å². The number of amides is 1. The van der Waals surface area contributed by atoms with Crippen molar-refractivity contribution in [2.75, 3.05) is 5.32 Å². The summed E-state index contributed by atoms with van der Waals surface area (Å²) >= 11 is 1.41. The maximum absolute atomic E-state index is 12.1. The third-order valence-corrected chi connectivity index (χ3v) is 4.08. The zero-order valence-corrected chi connectivity index (χ0v) is 12.2. The summed E-state index contributed by atoms with van der Waals surface area (Å²) in [7, 11) is 0. The summed E-state index contributed by atoms with van der Waals surface area (Å²) in [5.41, 5.74) is 1.64. The number of rotatable bonds is 4. The summed E-state index contributed by atoms with van der Waals surface area (Å²) in [5.74, 6) is 0.558. The molecule has 0 saturated carbocycles. The van der Waals surface area contributed by atoms with E-state index >= 15 is 0 Å². The highest BCUT2D eigenvalue weighted by molar-refractivity contribution is 7.13. The van der Waals surface area contributed by atoms with Crippen LogP contribution >= 0.6 is 11.3 Å². The summed E-state index contributed by atoms with van der Waals surface area (Å²) in [6.07, 6.45) is 5.49. The second kappa shape index (κ2) is 5.88. The predicted molar refractivity (Wildman–Crippen MR) is 81.4 cm³/mol. The third-order valence-electron chi connectivity index (χ3n) is 2.94. The predicted octanol–water partition coefficient (Wildman–Crippen LogP) is 3.61. The summed E-state index contributed by atoms with van der Waals surface area (Å²) < 4.78 is 5.22. The molecule has 0 radical (unpaired) electrons. The lowest BCUT2D eigenvalue weighted by Gasteiger charge is -2.04. The minimum absolute atomic E-state index is 0.139. The van der Waals surface area contributed by atoms with Crippen LogP contribution in [0.3, 0.4) is 0 Å². The van der Waals surface area contributed by atoms with Crippen molar-refractivity contribution in [2.45, 2.75) is 13.3 Å². The number of carbonyl (C=O) groups is 1. The van der Waals surface area contributed by atoms with E-state index in [0.717, 1.165) is 22.7 Å². The topological polar surface area (TPSA) is 68.0 Å². The monoisotopic (exact) mass is 299 g/mol. The van der Waals surface area contributed by atoms with Crippen molar-refractivity contribution >= 4 is 22.9 Å². The Bertz CT molecular complexity index is 733. The number of aryl methyl sites for hydroxylation is 1. The first-order valence-electron chi connectivity index (χ1n) is 6.51. The SMILES string of the molecule is CCc1ncc(C(=O)Nc2ccc(-c3cnco3)cc2)s1. The Morgan fingerprint density at radius 1 is 1.29 bits per heavy atom. The maximum atomic E-state index is 12.1. The molecule has 1 N–H and O–H groups in total. The molecular formula is C15H13N3O2S. The van der Waals surface area contributed by atoms with Gasteiger partial charge in [-0.1, -0.05) is 6.92 Å². The Morgan fingerprint density at radius 2 is 2.10 bits per heavy atom. The lowest BCUT2D eigenvalue weighted by molar-refractivity contribution is 0.103. The normalized spacial score (nSPS) is 10.5. The van der Waals surface area contributed by atoms with E-state index < -0.39 is 0 Å². The number of nitrogens with zero attached hydrogens (tertiary/aromatic N) is 2. The molecule has 106 valence electrons. The molecule has 0 spiro atoms. The largest absolute Gasteiger partial charge is 0.444 e. The van der Waals surface area contributed by atoms with Crippen LogP contribution in [0.4, 0.5) is 5.69 Å². The van der Waals surface area contributed by atoms with Crippen LogP contribution in [0.5, 0.6) is 0 Å². The van der Waals surface area contributed by atoms with Crippen molar-refractivity contribution in [1.29, 1.82) is 0 Å². The zero-order chi connectivity index (χ0) is 14.7. The van der Waals surface area contributed by atoms with Crippen LogP contribution in [0.1, 0.15) is 21.6 Å². The first kappa shape index (κ1) is 13.5. The number of carbonyl (C=O) groups excluding carboxylic acids is 1. The van der Waals surface area contributed by atoms with E-state index in [1.54, 1.807) is 12.4 Å². The van der Waals surface area contributed by atoms with Crippen molar-refractivity contribution in [3.05, 3.63) is 52.9 Å². The van der Waals surface area contributed by atoms with E-state index in [9.17, 15) is 4.79 Å². The van der Waals surface area contributed by atoms with E-state index in [2.05, 4.69) is 15.3 Å². The molecule has 0 aliphatic carbocycles. The van der Waals surface area contributed by atoms with Gasteiger partial charge in [-0.2, -0.15) is 0 Å². The van der Waals surface area contributed by atoms with Gasteiger partial charge in [0.2, 0.25) is 0 Å². The van der Waals surface area contributed by atoms with E-state index in [1.165, 1.54) is 17.7 Å². The molecule has 0 atom stereocenters. The molecule has 2 aromatic heterocycles. The Kier molecular flexibility index (Phi) is 3.79. The van der Waals surface area contributed by atoms with Crippen LogP contribution in [-0.4, -0.2) is 15.9 Å². The van der Waals surface area contributed by atoms with Gasteiger partial charge in [0.15, 0.2) is 12.2 Å². The third kappa shape index (κ3) is 3.00. The van der Waals surface area contributed by atoms with Gasteiger partial charge in [-0.05, 0) is 30.7 Å². The Hall–Kier alpha value is -2.47. The number of anilines is 1. The number of hydrogen-bond acceptors (Lipinski definition) is 5. The highest BCUT2D eigenvalue weighted by Gasteiger charge is 2.10. The molecule has 0 aliphatic heterocycles. The number of aromatic nitrogens is 2. The Morgan fingerprint density at radius 3 is 2.71 bits per heavy atom. The summed E-state index contributed by atoms with van der Waals surface area (Å²) in [5, 5.41) is 3.81. The second-order valence-corrected chi connectivity index (χ2v) is 5.48. The average Bonchev–Trinajstić information content (AvgIpc) is 3.19. The zero-order valence-electron chi connectivity index (χ0n) is 11.4. The molecule has 0 unspecified atom stereocenters. The molecule has 21 heavy (non-hydrogen) atoms. The Balaban J connectivity index is 1.71. The molecule has 3 rings (SSSR count). The van der Waals surface area contributed by atoms with Gasteiger partial charge in [0.25, 0.3) is 5.91 Å². The lowest BCUT2D eigenvalue weighted by Crippen LogP contribution is -2.09. The van der Waals surface area contributed by atoms with Crippen LogP contribution in [0.25, 0.3) is 11.3 Å². The van der Waals surface area contributed by atoms with Gasteiger partial charge in [-0.3, -0.25) is 4.79 Å². The van der Waals surface area contributed by atoms with Gasteiger partial charge < -0.3 is 9.73 Å². The molecule has 3 aromatic rings. The summed E-state index contributed by atoms with van der Waals surface area (Å²) in [6, 6.07) is 7.41. The standard InChI is InChI=1S/C15H13N3O2S/c1-2-14-17-8-13(21-14)15(19)18-11-5-3-10(4-6-11)12-7-16-9-20-12/h3-9H,2H2,1H3,(H,18,19). The van der Waals surface area contributed by atoms with Gasteiger partial charge in [-0.25, -0.2) is 9.97 Å². The first-order chi connectivity index (χ1) is 10.3. The summed E-state index contributed by atoms with van der Waals surface area (Å²) in [4.78, 5) is 20.8. The lowest BCUT2D eigenvalue weighted by atomic mass is 10.1. The van der Waals surface area contributed by atoms with Crippen LogP contribution in [0.2, 0.25) is 0 Å². The van der Waals surface area contributed by atoms with E-state index in [-0.39, 0.29) is 5.91 Å². The molecule has 0 fully saturated rings. The van der Waals surface area contributed by atoms with Crippen molar-refractivity contribution in [1.82, 2.24) is 9.97 Å². The van der Waals surface area contributed by atoms with Crippen molar-refractivity contribution < 1.29 is 9.21 Å². The average molecular weight is 299 g/mol. The molecular weight excluding hydrogens is 286 g/mol. The fraction of sp³-hybridized carbons (Fsp3) is 0.133. The second-order valence-electron chi connectivity index (χ2n) is 4.37. The van der Waals surface area contributed by atoms with Crippen LogP contribution in [-0.2, 0) is 6.42 Å². The highest BCUT2D eigenvalue weighted by Crippen LogP contribution is 2.21. The molecule has 2 heterocycles. The van der Waals surface area contributed by atoms with Gasteiger partial charge in [-0.15, -0.1) is 11.3 Å². The molecule has 0 aliphatic rings. The first-order valence-corrected chi connectivity index (χ1v) is 7.33. The van der Waals surface area contributed by atoms with Crippen LogP contribution in [0.15, 0.2) is 47.5 Å². The number of oxazole rings is 1. The minimum Gasteiger partial charge on any atom is -0.444 e. The molecule has 0 bridgehead atoms. The van der Waals surface area contributed by atoms with Crippen LogP contribution in [0, 0.1) is 0 Å². The quantitative estimate of drug-likeness (QED) is 0.799. The fourth-order valence-corrected chi connectivity index (χ4v) is 2.60. The smallest absolute Gasteiger partial charge is 0.267 e. The fourth-order valence-electron chi connectivity index (χ4n) is 1.85. The molecule has 6 heteroatoms. The van der Waals surface area contributed by atoms with Crippen molar-refractivity contribution in [3.63, 3.8) is 0 Å². The number of hydrogen-bond donors (Lipinski definition) is 1. The molecule has 5 nitrogen and oxygen atoms in total. The van der Waals surface area contributed by atoms with E-state index in [0.29, 0.717) is 10.6 Å². The van der Waals surface area contributed by atoms with Gasteiger partial charge >= 0.3 is 0 Å². The van der Waals surface area contributed by atoms with Gasteiger partial charge in [0.05, 0.1) is 17.4 Å².